The Morgan fingerprint density at radius 2 is 1.94 bits per heavy atom. The number of rotatable bonds is 6. The van der Waals surface area contributed by atoms with Crippen LogP contribution in [0, 0.1) is 16.0 Å². The smallest absolute Gasteiger partial charge is 0.271 e. The highest BCUT2D eigenvalue weighted by atomic mass is 35.5. The van der Waals surface area contributed by atoms with Crippen molar-refractivity contribution in [3.05, 3.63) is 63.2 Å². The Bertz CT molecular complexity index is 1010. The first-order valence-corrected chi connectivity index (χ1v) is 11.0. The van der Waals surface area contributed by atoms with Gasteiger partial charge in [0.15, 0.2) is 5.11 Å². The van der Waals surface area contributed by atoms with Crippen LogP contribution in [0.2, 0.25) is 5.02 Å². The van der Waals surface area contributed by atoms with Gasteiger partial charge in [0.1, 0.15) is 5.75 Å². The van der Waals surface area contributed by atoms with Crippen LogP contribution in [0.5, 0.6) is 5.75 Å². The molecule has 0 aromatic heterocycles. The quantitative estimate of drug-likeness (QED) is 0.381. The molecule has 0 saturated carbocycles. The van der Waals surface area contributed by atoms with Crippen LogP contribution in [0.15, 0.2) is 42.5 Å². The second-order valence-corrected chi connectivity index (χ2v) is 8.65. The number of non-ortho nitro benzene ring substituents is 1. The molecule has 1 aliphatic heterocycles. The minimum atomic E-state index is -0.471. The zero-order valence-corrected chi connectivity index (χ0v) is 19.5. The highest BCUT2D eigenvalue weighted by Crippen LogP contribution is 2.30. The second-order valence-electron chi connectivity index (χ2n) is 7.86. The number of carbonyl (C=O) groups is 1. The van der Waals surface area contributed by atoms with Gasteiger partial charge in [-0.2, -0.15) is 0 Å². The van der Waals surface area contributed by atoms with Crippen molar-refractivity contribution in [1.82, 2.24) is 10.2 Å². The van der Waals surface area contributed by atoms with Gasteiger partial charge in [-0.1, -0.05) is 31.5 Å². The molecule has 1 saturated heterocycles. The van der Waals surface area contributed by atoms with E-state index in [9.17, 15) is 14.9 Å². The lowest BCUT2D eigenvalue weighted by Crippen LogP contribution is -2.52. The maximum atomic E-state index is 12.6. The summed E-state index contributed by atoms with van der Waals surface area (Å²) in [7, 11) is 0. The SMILES string of the molecule is CC(C)COc1cccc(C(=O)NC(=S)N2CCN(c3ccc([N+](=O)[O-])cc3Cl)CC2)c1. The van der Waals surface area contributed by atoms with E-state index < -0.39 is 4.92 Å². The standard InChI is InChI=1S/C22H25ClN4O4S/c1-15(2)14-31-18-5-3-4-16(12-18)21(28)24-22(32)26-10-8-25(9-11-26)20-7-6-17(27(29)30)13-19(20)23/h3-7,12-13,15H,8-11,14H2,1-2H3,(H,24,28,32). The van der Waals surface area contributed by atoms with E-state index in [1.165, 1.54) is 12.1 Å². The van der Waals surface area contributed by atoms with Gasteiger partial charge in [0, 0.05) is 43.9 Å². The van der Waals surface area contributed by atoms with Crippen molar-refractivity contribution < 1.29 is 14.5 Å². The molecule has 0 aliphatic carbocycles. The van der Waals surface area contributed by atoms with Gasteiger partial charge in [0.05, 0.1) is 22.2 Å². The second kappa shape index (κ2) is 10.6. The third-order valence-corrected chi connectivity index (χ3v) is 5.61. The summed E-state index contributed by atoms with van der Waals surface area (Å²) >= 11 is 11.7. The molecule has 2 aromatic carbocycles. The summed E-state index contributed by atoms with van der Waals surface area (Å²) in [5.41, 5.74) is 1.18. The summed E-state index contributed by atoms with van der Waals surface area (Å²) in [6.07, 6.45) is 0. The lowest BCUT2D eigenvalue weighted by molar-refractivity contribution is -0.384. The summed E-state index contributed by atoms with van der Waals surface area (Å²) in [6.45, 7) is 7.10. The minimum Gasteiger partial charge on any atom is -0.493 e. The normalized spacial score (nSPS) is 13.8. The fraction of sp³-hybridized carbons (Fsp3) is 0.364. The first-order chi connectivity index (χ1) is 15.2. The lowest BCUT2D eigenvalue weighted by atomic mass is 10.2. The van der Waals surface area contributed by atoms with Gasteiger partial charge in [-0.25, -0.2) is 0 Å². The zero-order valence-electron chi connectivity index (χ0n) is 17.9. The fourth-order valence-corrected chi connectivity index (χ4v) is 3.82. The molecule has 1 fully saturated rings. The van der Waals surface area contributed by atoms with E-state index >= 15 is 0 Å². The molecular weight excluding hydrogens is 452 g/mol. The van der Waals surface area contributed by atoms with E-state index in [1.54, 1.807) is 24.3 Å². The molecule has 1 N–H and O–H groups in total. The van der Waals surface area contributed by atoms with Crippen LogP contribution in [-0.2, 0) is 0 Å². The van der Waals surface area contributed by atoms with Crippen LogP contribution in [0.1, 0.15) is 24.2 Å². The van der Waals surface area contributed by atoms with Crippen molar-refractivity contribution in [3.63, 3.8) is 0 Å². The first-order valence-electron chi connectivity index (χ1n) is 10.3. The van der Waals surface area contributed by atoms with Gasteiger partial charge in [-0.15, -0.1) is 0 Å². The lowest BCUT2D eigenvalue weighted by Gasteiger charge is -2.37. The summed E-state index contributed by atoms with van der Waals surface area (Å²) < 4.78 is 5.69. The predicted molar refractivity (Wildman–Crippen MR) is 129 cm³/mol. The van der Waals surface area contributed by atoms with Crippen molar-refractivity contribution in [2.45, 2.75) is 13.8 Å². The van der Waals surface area contributed by atoms with Crippen LogP contribution < -0.4 is 15.0 Å². The molecule has 1 aliphatic rings. The number of ether oxygens (including phenoxy) is 1. The Hall–Kier alpha value is -2.91. The monoisotopic (exact) mass is 476 g/mol. The van der Waals surface area contributed by atoms with Crippen LogP contribution in [0.3, 0.4) is 0 Å². The maximum Gasteiger partial charge on any atom is 0.271 e. The van der Waals surface area contributed by atoms with Gasteiger partial charge >= 0.3 is 0 Å². The molecule has 1 amide bonds. The number of halogens is 1. The maximum absolute atomic E-state index is 12.6. The molecule has 0 bridgehead atoms. The molecule has 2 aromatic rings. The highest BCUT2D eigenvalue weighted by Gasteiger charge is 2.23. The molecule has 8 nitrogen and oxygen atoms in total. The summed E-state index contributed by atoms with van der Waals surface area (Å²) in [5.74, 6) is 0.747. The molecule has 3 rings (SSSR count). The third-order valence-electron chi connectivity index (χ3n) is 4.95. The first kappa shape index (κ1) is 23.7. The van der Waals surface area contributed by atoms with Gasteiger partial charge in [0.25, 0.3) is 11.6 Å². The van der Waals surface area contributed by atoms with Gasteiger partial charge in [-0.05, 0) is 42.4 Å². The topological polar surface area (TPSA) is 88.0 Å². The third kappa shape index (κ3) is 6.08. The van der Waals surface area contributed by atoms with Gasteiger partial charge in [0.2, 0.25) is 0 Å². The molecule has 0 unspecified atom stereocenters. The number of benzene rings is 2. The van der Waals surface area contributed by atoms with Crippen molar-refractivity contribution in [2.24, 2.45) is 5.92 Å². The fourth-order valence-electron chi connectivity index (χ4n) is 3.25. The molecule has 0 atom stereocenters. The highest BCUT2D eigenvalue weighted by molar-refractivity contribution is 7.80. The van der Waals surface area contributed by atoms with Gasteiger partial charge < -0.3 is 14.5 Å². The molecular formula is C22H25ClN4O4S. The largest absolute Gasteiger partial charge is 0.493 e. The number of thiocarbonyl (C=S) groups is 1. The number of carbonyl (C=O) groups excluding carboxylic acids is 1. The van der Waals surface area contributed by atoms with E-state index in [4.69, 9.17) is 28.6 Å². The van der Waals surface area contributed by atoms with E-state index in [2.05, 4.69) is 19.2 Å². The number of hydrogen-bond acceptors (Lipinski definition) is 6. The Labute approximate surface area is 197 Å². The summed E-state index contributed by atoms with van der Waals surface area (Å²) in [6, 6.07) is 11.5. The van der Waals surface area contributed by atoms with E-state index in [-0.39, 0.29) is 11.6 Å². The predicted octanol–water partition coefficient (Wildman–Crippen LogP) is 4.12. The van der Waals surface area contributed by atoms with E-state index in [1.807, 2.05) is 15.9 Å². The average Bonchev–Trinajstić information content (AvgIpc) is 2.77. The number of piperazine rings is 1. The number of nitro benzene ring substituents is 1. The molecule has 1 heterocycles. The molecule has 170 valence electrons. The van der Waals surface area contributed by atoms with Crippen molar-refractivity contribution in [1.29, 1.82) is 0 Å². The number of nitrogens with zero attached hydrogens (tertiary/aromatic N) is 3. The van der Waals surface area contributed by atoms with E-state index in [0.717, 1.165) is 5.69 Å². The Balaban J connectivity index is 1.55. The number of amides is 1. The van der Waals surface area contributed by atoms with E-state index in [0.29, 0.717) is 60.2 Å². The van der Waals surface area contributed by atoms with Crippen molar-refractivity contribution in [2.75, 3.05) is 37.7 Å². The Morgan fingerprint density at radius 3 is 2.56 bits per heavy atom. The number of hydrogen-bond donors (Lipinski definition) is 1. The zero-order chi connectivity index (χ0) is 23.3. The van der Waals surface area contributed by atoms with Crippen LogP contribution in [-0.4, -0.2) is 53.6 Å². The number of nitrogens with one attached hydrogen (secondary N) is 1. The van der Waals surface area contributed by atoms with Crippen LogP contribution >= 0.6 is 23.8 Å². The molecule has 10 heteroatoms. The van der Waals surface area contributed by atoms with Crippen molar-refractivity contribution in [3.8, 4) is 5.75 Å². The number of nitro groups is 1. The van der Waals surface area contributed by atoms with Crippen molar-refractivity contribution >= 4 is 46.2 Å². The summed E-state index contributed by atoms with van der Waals surface area (Å²) in [4.78, 5) is 27.0. The average molecular weight is 477 g/mol. The Morgan fingerprint density at radius 1 is 1.22 bits per heavy atom. The van der Waals surface area contributed by atoms with Crippen LogP contribution in [0.25, 0.3) is 0 Å². The molecule has 0 radical (unpaired) electrons. The van der Waals surface area contributed by atoms with Crippen LogP contribution in [0.4, 0.5) is 11.4 Å². The minimum absolute atomic E-state index is 0.0417. The van der Waals surface area contributed by atoms with Gasteiger partial charge in [-0.3, -0.25) is 20.2 Å². The molecule has 0 spiro atoms. The molecule has 32 heavy (non-hydrogen) atoms. The number of anilines is 1. The Kier molecular flexibility index (Phi) is 7.87. The summed E-state index contributed by atoms with van der Waals surface area (Å²) in [5, 5.41) is 14.4.